The van der Waals surface area contributed by atoms with Crippen molar-refractivity contribution in [2.24, 2.45) is 5.73 Å². The van der Waals surface area contributed by atoms with E-state index >= 15 is 0 Å². The summed E-state index contributed by atoms with van der Waals surface area (Å²) in [6, 6.07) is 2.17. The number of rotatable bonds is 1. The highest BCUT2D eigenvalue weighted by molar-refractivity contribution is 7.10. The largest absolute Gasteiger partial charge is 0.371 e. The molecule has 12 heavy (non-hydrogen) atoms. The van der Waals surface area contributed by atoms with Crippen LogP contribution >= 0.6 is 23.7 Å². The summed E-state index contributed by atoms with van der Waals surface area (Å²) in [5.41, 5.74) is 6.99. The van der Waals surface area contributed by atoms with Gasteiger partial charge in [0.1, 0.15) is 6.10 Å². The van der Waals surface area contributed by atoms with Crippen molar-refractivity contribution in [2.75, 3.05) is 13.2 Å². The Morgan fingerprint density at radius 1 is 1.67 bits per heavy atom. The van der Waals surface area contributed by atoms with Crippen molar-refractivity contribution in [3.05, 3.63) is 21.9 Å². The Morgan fingerprint density at radius 3 is 3.25 bits per heavy atom. The van der Waals surface area contributed by atoms with Gasteiger partial charge in [-0.1, -0.05) is 0 Å². The number of fused-ring (bicyclic) bond motifs is 1. The van der Waals surface area contributed by atoms with Crippen LogP contribution in [0.25, 0.3) is 0 Å². The van der Waals surface area contributed by atoms with E-state index in [0.717, 1.165) is 13.0 Å². The van der Waals surface area contributed by atoms with Crippen LogP contribution in [-0.4, -0.2) is 13.2 Å². The topological polar surface area (TPSA) is 35.2 Å². The second-order valence-electron chi connectivity index (χ2n) is 2.66. The molecule has 0 aliphatic carbocycles. The first kappa shape index (κ1) is 9.99. The molecule has 1 aliphatic heterocycles. The average Bonchev–Trinajstić information content (AvgIpc) is 2.50. The van der Waals surface area contributed by atoms with Gasteiger partial charge in [0.2, 0.25) is 0 Å². The molecular weight excluding hydrogens is 194 g/mol. The molecule has 0 radical (unpaired) electrons. The molecule has 2 rings (SSSR count). The molecule has 1 aromatic heterocycles. The molecule has 68 valence electrons. The molecule has 1 aliphatic rings. The van der Waals surface area contributed by atoms with Crippen molar-refractivity contribution in [2.45, 2.75) is 12.5 Å². The Labute approximate surface area is 82.1 Å². The van der Waals surface area contributed by atoms with Gasteiger partial charge in [-0.05, 0) is 23.4 Å². The molecule has 2 heterocycles. The van der Waals surface area contributed by atoms with Gasteiger partial charge >= 0.3 is 0 Å². The smallest absolute Gasteiger partial charge is 0.104 e. The van der Waals surface area contributed by atoms with Gasteiger partial charge in [-0.2, -0.15) is 0 Å². The number of ether oxygens (including phenoxy) is 1. The van der Waals surface area contributed by atoms with Crippen molar-refractivity contribution >= 4 is 23.7 Å². The zero-order chi connectivity index (χ0) is 7.68. The van der Waals surface area contributed by atoms with Crippen LogP contribution in [-0.2, 0) is 11.2 Å². The third kappa shape index (κ3) is 1.64. The predicted molar refractivity (Wildman–Crippen MR) is 53.0 cm³/mol. The lowest BCUT2D eigenvalue weighted by Crippen LogP contribution is -2.21. The van der Waals surface area contributed by atoms with Crippen LogP contribution in [0.1, 0.15) is 16.5 Å². The minimum absolute atomic E-state index is 0. The van der Waals surface area contributed by atoms with E-state index in [-0.39, 0.29) is 18.5 Å². The standard InChI is InChI=1S/C8H11NOS.ClH/c9-5-7-8-6(1-3-10-7)2-4-11-8;/h2,4,7H,1,3,5,9H2;1H/t7-;/m0./s1. The molecule has 2 N–H and O–H groups in total. The van der Waals surface area contributed by atoms with E-state index in [2.05, 4.69) is 11.4 Å². The molecule has 0 fully saturated rings. The zero-order valence-electron chi connectivity index (χ0n) is 6.66. The fraction of sp³-hybridized carbons (Fsp3) is 0.500. The van der Waals surface area contributed by atoms with Gasteiger partial charge in [0.15, 0.2) is 0 Å². The maximum atomic E-state index is 5.56. The quantitative estimate of drug-likeness (QED) is 0.758. The summed E-state index contributed by atoms with van der Waals surface area (Å²) in [7, 11) is 0. The van der Waals surface area contributed by atoms with Crippen molar-refractivity contribution in [3.63, 3.8) is 0 Å². The van der Waals surface area contributed by atoms with Gasteiger partial charge in [0.25, 0.3) is 0 Å². The molecular formula is C8H12ClNOS. The molecule has 1 atom stereocenters. The number of hydrogen-bond donors (Lipinski definition) is 1. The predicted octanol–water partition coefficient (Wildman–Crippen LogP) is 1.74. The Kier molecular flexibility index (Phi) is 3.53. The lowest BCUT2D eigenvalue weighted by Gasteiger charge is -2.21. The Hall–Kier alpha value is -0.0900. The first-order valence-corrected chi connectivity index (χ1v) is 4.67. The fourth-order valence-corrected chi connectivity index (χ4v) is 2.41. The maximum Gasteiger partial charge on any atom is 0.104 e. The summed E-state index contributed by atoms with van der Waals surface area (Å²) < 4.78 is 5.50. The SMILES string of the molecule is Cl.NC[C@@H]1OCCc2ccsc21. The number of halogens is 1. The van der Waals surface area contributed by atoms with Crippen LogP contribution in [0.2, 0.25) is 0 Å². The van der Waals surface area contributed by atoms with Crippen molar-refractivity contribution in [1.29, 1.82) is 0 Å². The van der Waals surface area contributed by atoms with Crippen molar-refractivity contribution in [1.82, 2.24) is 0 Å². The van der Waals surface area contributed by atoms with Crippen molar-refractivity contribution in [3.8, 4) is 0 Å². The minimum Gasteiger partial charge on any atom is -0.371 e. The third-order valence-electron chi connectivity index (χ3n) is 1.98. The van der Waals surface area contributed by atoms with E-state index in [9.17, 15) is 0 Å². The third-order valence-corrected chi connectivity index (χ3v) is 3.03. The van der Waals surface area contributed by atoms with E-state index in [1.807, 2.05) is 0 Å². The zero-order valence-corrected chi connectivity index (χ0v) is 8.29. The van der Waals surface area contributed by atoms with Gasteiger partial charge in [0.05, 0.1) is 6.61 Å². The van der Waals surface area contributed by atoms with Gasteiger partial charge < -0.3 is 10.5 Å². The van der Waals surface area contributed by atoms with Gasteiger partial charge in [-0.3, -0.25) is 0 Å². The monoisotopic (exact) mass is 205 g/mol. The highest BCUT2D eigenvalue weighted by Crippen LogP contribution is 2.30. The Bertz CT molecular complexity index is 251. The van der Waals surface area contributed by atoms with Crippen LogP contribution in [0.5, 0.6) is 0 Å². The van der Waals surface area contributed by atoms with Crippen LogP contribution in [0.3, 0.4) is 0 Å². The van der Waals surface area contributed by atoms with Gasteiger partial charge in [0, 0.05) is 11.4 Å². The van der Waals surface area contributed by atoms with E-state index in [1.54, 1.807) is 11.3 Å². The summed E-state index contributed by atoms with van der Waals surface area (Å²) in [6.07, 6.45) is 1.22. The van der Waals surface area contributed by atoms with Gasteiger partial charge in [-0.25, -0.2) is 0 Å². The first-order chi connectivity index (χ1) is 5.42. The molecule has 0 unspecified atom stereocenters. The highest BCUT2D eigenvalue weighted by Gasteiger charge is 2.19. The number of nitrogens with two attached hydrogens (primary N) is 1. The summed E-state index contributed by atoms with van der Waals surface area (Å²) in [5, 5.41) is 2.11. The Morgan fingerprint density at radius 2 is 2.50 bits per heavy atom. The Balaban J connectivity index is 0.000000720. The second-order valence-corrected chi connectivity index (χ2v) is 3.60. The first-order valence-electron chi connectivity index (χ1n) is 3.79. The van der Waals surface area contributed by atoms with Gasteiger partial charge in [-0.15, -0.1) is 23.7 Å². The van der Waals surface area contributed by atoms with Crippen LogP contribution in [0, 0.1) is 0 Å². The minimum atomic E-state index is 0. The van der Waals surface area contributed by atoms with E-state index in [0.29, 0.717) is 6.54 Å². The molecule has 0 bridgehead atoms. The molecule has 0 saturated heterocycles. The molecule has 2 nitrogen and oxygen atoms in total. The molecule has 0 amide bonds. The number of hydrogen-bond acceptors (Lipinski definition) is 3. The van der Waals surface area contributed by atoms with Crippen LogP contribution < -0.4 is 5.73 Å². The summed E-state index contributed by atoms with van der Waals surface area (Å²) >= 11 is 1.75. The second kappa shape index (κ2) is 4.23. The lowest BCUT2D eigenvalue weighted by atomic mass is 10.1. The molecule has 0 saturated carbocycles. The lowest BCUT2D eigenvalue weighted by molar-refractivity contribution is 0.0515. The molecule has 4 heteroatoms. The molecule has 1 aromatic rings. The summed E-state index contributed by atoms with van der Waals surface area (Å²) in [4.78, 5) is 1.33. The molecule has 0 spiro atoms. The molecule has 0 aromatic carbocycles. The van der Waals surface area contributed by atoms with E-state index in [4.69, 9.17) is 10.5 Å². The average molecular weight is 206 g/mol. The van der Waals surface area contributed by atoms with Crippen LogP contribution in [0.4, 0.5) is 0 Å². The normalized spacial score (nSPS) is 21.2. The summed E-state index contributed by atoms with van der Waals surface area (Å²) in [6.45, 7) is 1.43. The maximum absolute atomic E-state index is 5.56. The fourth-order valence-electron chi connectivity index (χ4n) is 1.40. The van der Waals surface area contributed by atoms with Crippen molar-refractivity contribution < 1.29 is 4.74 Å². The number of thiophene rings is 1. The van der Waals surface area contributed by atoms with E-state index in [1.165, 1.54) is 10.4 Å². The van der Waals surface area contributed by atoms with E-state index < -0.39 is 0 Å². The summed E-state index contributed by atoms with van der Waals surface area (Å²) in [5.74, 6) is 0. The van der Waals surface area contributed by atoms with Crippen LogP contribution in [0.15, 0.2) is 11.4 Å². The highest BCUT2D eigenvalue weighted by atomic mass is 35.5.